The van der Waals surface area contributed by atoms with E-state index in [9.17, 15) is 13.2 Å². The van der Waals surface area contributed by atoms with Gasteiger partial charge in [0.15, 0.2) is 0 Å². The van der Waals surface area contributed by atoms with Gasteiger partial charge in [-0.3, -0.25) is 9.36 Å². The van der Waals surface area contributed by atoms with Gasteiger partial charge in [-0.1, -0.05) is 48.3 Å². The van der Waals surface area contributed by atoms with E-state index in [-0.39, 0.29) is 10.5 Å². The molecule has 0 aliphatic heterocycles. The largest absolute Gasteiger partial charge is 0.268 e. The fourth-order valence-electron chi connectivity index (χ4n) is 3.78. The summed E-state index contributed by atoms with van der Waals surface area (Å²) in [6, 6.07) is 19.1. The first-order valence-electron chi connectivity index (χ1n) is 10.2. The topological polar surface area (TPSA) is 72.3 Å². The molecular weight excluding hydrogens is 481 g/mol. The predicted octanol–water partition coefficient (Wildman–Crippen LogP) is 5.46. The molecule has 1 aromatic heterocycles. The van der Waals surface area contributed by atoms with E-state index in [1.807, 2.05) is 6.92 Å². The zero-order valence-electron chi connectivity index (χ0n) is 17.9. The van der Waals surface area contributed by atoms with Crippen molar-refractivity contribution in [2.24, 2.45) is 0 Å². The second-order valence-corrected chi connectivity index (χ2v) is 10.4. The first-order chi connectivity index (χ1) is 15.7. The molecular formula is C24H21Cl2N3O3S. The van der Waals surface area contributed by atoms with Crippen molar-refractivity contribution in [1.29, 1.82) is 0 Å². The van der Waals surface area contributed by atoms with E-state index < -0.39 is 16.1 Å². The molecule has 1 atom stereocenters. The minimum Gasteiger partial charge on any atom is -0.268 e. The Labute approximate surface area is 202 Å². The minimum absolute atomic E-state index is 0.102. The number of benzene rings is 3. The molecule has 0 saturated carbocycles. The van der Waals surface area contributed by atoms with Gasteiger partial charge in [-0.2, -0.15) is 4.31 Å². The zero-order valence-corrected chi connectivity index (χ0v) is 20.3. The van der Waals surface area contributed by atoms with Crippen LogP contribution in [0.5, 0.6) is 0 Å². The van der Waals surface area contributed by atoms with Crippen LogP contribution in [0.2, 0.25) is 10.0 Å². The van der Waals surface area contributed by atoms with Gasteiger partial charge in [0.05, 0.1) is 27.5 Å². The Hall–Kier alpha value is -2.71. The minimum atomic E-state index is -3.90. The van der Waals surface area contributed by atoms with E-state index >= 15 is 0 Å². The molecule has 0 aliphatic rings. The van der Waals surface area contributed by atoms with Gasteiger partial charge < -0.3 is 0 Å². The van der Waals surface area contributed by atoms with Gasteiger partial charge in [0.2, 0.25) is 10.0 Å². The number of aromatic nitrogens is 2. The van der Waals surface area contributed by atoms with Gasteiger partial charge in [-0.15, -0.1) is 0 Å². The van der Waals surface area contributed by atoms with Crippen LogP contribution < -0.4 is 5.56 Å². The second kappa shape index (κ2) is 9.27. The quantitative estimate of drug-likeness (QED) is 0.351. The van der Waals surface area contributed by atoms with E-state index in [4.69, 9.17) is 28.2 Å². The Bertz CT molecular complexity index is 1490. The monoisotopic (exact) mass is 501 g/mol. The highest BCUT2D eigenvalue weighted by Gasteiger charge is 2.32. The number of hydrogen-bond donors (Lipinski definition) is 0. The fourth-order valence-corrected chi connectivity index (χ4v) is 5.48. The summed E-state index contributed by atoms with van der Waals surface area (Å²) in [6.45, 7) is 1.85. The Morgan fingerprint density at radius 3 is 2.33 bits per heavy atom. The zero-order chi connectivity index (χ0) is 23.8. The molecule has 0 fully saturated rings. The molecule has 4 rings (SSSR count). The summed E-state index contributed by atoms with van der Waals surface area (Å²) in [5.41, 5.74) is 0.705. The highest BCUT2D eigenvalue weighted by Crippen LogP contribution is 2.30. The predicted molar refractivity (Wildman–Crippen MR) is 132 cm³/mol. The first kappa shape index (κ1) is 23.4. The fraction of sp³-hybridized carbons (Fsp3) is 0.167. The maximum atomic E-state index is 13.6. The van der Waals surface area contributed by atoms with Crippen molar-refractivity contribution in [3.8, 4) is 5.69 Å². The lowest BCUT2D eigenvalue weighted by atomic mass is 10.1. The lowest BCUT2D eigenvalue weighted by molar-refractivity contribution is 0.347. The van der Waals surface area contributed by atoms with Crippen LogP contribution in [0.3, 0.4) is 0 Å². The molecule has 1 heterocycles. The van der Waals surface area contributed by atoms with Crippen LogP contribution in [-0.4, -0.2) is 29.3 Å². The van der Waals surface area contributed by atoms with Crippen LogP contribution in [0.4, 0.5) is 0 Å². The van der Waals surface area contributed by atoms with Crippen molar-refractivity contribution in [1.82, 2.24) is 13.9 Å². The summed E-state index contributed by atoms with van der Waals surface area (Å²) in [5.74, 6) is 0.309. The standard InChI is InChI=1S/C24H21Cl2N3O3S/c1-3-22(28(2)33(31,32)19-13-11-16(25)12-14-19)23-27-21-10-5-4-9-20(21)24(30)29(23)18-8-6-7-17(26)15-18/h4-15,22H,3H2,1-2H3. The van der Waals surface area contributed by atoms with E-state index in [2.05, 4.69) is 0 Å². The molecule has 9 heteroatoms. The maximum absolute atomic E-state index is 13.6. The summed E-state index contributed by atoms with van der Waals surface area (Å²) in [4.78, 5) is 18.4. The smallest absolute Gasteiger partial charge is 0.266 e. The Morgan fingerprint density at radius 1 is 0.970 bits per heavy atom. The molecule has 0 spiro atoms. The molecule has 4 aromatic rings. The highest BCUT2D eigenvalue weighted by atomic mass is 35.5. The van der Waals surface area contributed by atoms with Gasteiger partial charge in [-0.25, -0.2) is 13.4 Å². The summed E-state index contributed by atoms with van der Waals surface area (Å²) in [6.07, 6.45) is 0.384. The third-order valence-corrected chi connectivity index (χ3v) is 7.85. The van der Waals surface area contributed by atoms with Gasteiger partial charge in [0, 0.05) is 17.1 Å². The van der Waals surface area contributed by atoms with Crippen molar-refractivity contribution >= 4 is 44.1 Å². The van der Waals surface area contributed by atoms with Crippen molar-refractivity contribution in [2.45, 2.75) is 24.3 Å². The SMILES string of the molecule is CCC(c1nc2ccccc2c(=O)n1-c1cccc(Cl)c1)N(C)S(=O)(=O)c1ccc(Cl)cc1. The third kappa shape index (κ3) is 4.42. The highest BCUT2D eigenvalue weighted by molar-refractivity contribution is 7.89. The molecule has 170 valence electrons. The van der Waals surface area contributed by atoms with Crippen LogP contribution in [0.25, 0.3) is 16.6 Å². The average molecular weight is 502 g/mol. The first-order valence-corrected chi connectivity index (χ1v) is 12.4. The Kier molecular flexibility index (Phi) is 6.59. The van der Waals surface area contributed by atoms with Crippen molar-refractivity contribution in [3.63, 3.8) is 0 Å². The van der Waals surface area contributed by atoms with Crippen LogP contribution in [0.15, 0.2) is 82.5 Å². The molecule has 0 aliphatic carbocycles. The molecule has 6 nitrogen and oxygen atoms in total. The number of nitrogens with zero attached hydrogens (tertiary/aromatic N) is 3. The molecule has 1 unspecified atom stereocenters. The third-order valence-electron chi connectivity index (χ3n) is 5.48. The maximum Gasteiger partial charge on any atom is 0.266 e. The van der Waals surface area contributed by atoms with Gasteiger partial charge in [0.25, 0.3) is 5.56 Å². The van der Waals surface area contributed by atoms with Crippen LogP contribution in [0, 0.1) is 0 Å². The summed E-state index contributed by atoms with van der Waals surface area (Å²) < 4.78 is 29.5. The van der Waals surface area contributed by atoms with Crippen LogP contribution >= 0.6 is 23.2 Å². The van der Waals surface area contributed by atoms with E-state index in [0.717, 1.165) is 0 Å². The Morgan fingerprint density at radius 2 is 1.67 bits per heavy atom. The van der Waals surface area contributed by atoms with Gasteiger partial charge in [-0.05, 0) is 61.0 Å². The summed E-state index contributed by atoms with van der Waals surface area (Å²) in [5, 5.41) is 1.32. The van der Waals surface area contributed by atoms with Crippen molar-refractivity contribution < 1.29 is 8.42 Å². The van der Waals surface area contributed by atoms with Crippen LogP contribution in [-0.2, 0) is 10.0 Å². The molecule has 3 aromatic carbocycles. The molecule has 33 heavy (non-hydrogen) atoms. The lowest BCUT2D eigenvalue weighted by Gasteiger charge is -2.28. The van der Waals surface area contributed by atoms with Gasteiger partial charge in [0.1, 0.15) is 5.82 Å². The van der Waals surface area contributed by atoms with E-state index in [0.29, 0.717) is 38.9 Å². The average Bonchev–Trinajstić information content (AvgIpc) is 2.80. The summed E-state index contributed by atoms with van der Waals surface area (Å²) >= 11 is 12.1. The molecule has 0 amide bonds. The van der Waals surface area contributed by atoms with E-state index in [1.54, 1.807) is 48.5 Å². The number of para-hydroxylation sites is 1. The number of halogens is 2. The molecule has 0 N–H and O–H groups in total. The second-order valence-electron chi connectivity index (χ2n) is 7.51. The lowest BCUT2D eigenvalue weighted by Crippen LogP contribution is -2.36. The number of sulfonamides is 1. The van der Waals surface area contributed by atoms with Gasteiger partial charge >= 0.3 is 0 Å². The molecule has 0 bridgehead atoms. The number of hydrogen-bond acceptors (Lipinski definition) is 4. The number of rotatable bonds is 6. The number of fused-ring (bicyclic) bond motifs is 1. The summed E-state index contributed by atoms with van der Waals surface area (Å²) in [7, 11) is -2.41. The Balaban J connectivity index is 1.95. The molecule has 0 saturated heterocycles. The van der Waals surface area contributed by atoms with Crippen LogP contribution in [0.1, 0.15) is 25.2 Å². The van der Waals surface area contributed by atoms with Crippen molar-refractivity contribution in [2.75, 3.05) is 7.05 Å². The molecule has 0 radical (unpaired) electrons. The normalized spacial score (nSPS) is 12.9. The van der Waals surface area contributed by atoms with Crippen molar-refractivity contribution in [3.05, 3.63) is 99.0 Å². The van der Waals surface area contributed by atoms with E-state index in [1.165, 1.54) is 40.2 Å².